The summed E-state index contributed by atoms with van der Waals surface area (Å²) in [5.74, 6) is -0.954. The third kappa shape index (κ3) is 4.75. The summed E-state index contributed by atoms with van der Waals surface area (Å²) >= 11 is 0. The number of hydrogen-bond donors (Lipinski definition) is 3. The number of rotatable bonds is 5. The Balaban J connectivity index is 1.57. The van der Waals surface area contributed by atoms with Crippen molar-refractivity contribution in [2.75, 3.05) is 5.32 Å². The molecule has 1 fully saturated rings. The van der Waals surface area contributed by atoms with Crippen molar-refractivity contribution in [3.05, 3.63) is 65.5 Å². The number of nitrogens with one attached hydrogen (secondary N) is 2. The van der Waals surface area contributed by atoms with Gasteiger partial charge in [0, 0.05) is 28.9 Å². The second-order valence-electron chi connectivity index (χ2n) is 7.64. The van der Waals surface area contributed by atoms with Gasteiger partial charge in [0.15, 0.2) is 0 Å². The molecule has 148 valence electrons. The molecule has 0 heterocycles. The minimum Gasteiger partial charge on any atom is -0.348 e. The van der Waals surface area contributed by atoms with Crippen LogP contribution in [0.5, 0.6) is 0 Å². The van der Waals surface area contributed by atoms with Gasteiger partial charge in [-0.3, -0.25) is 9.59 Å². The Bertz CT molecular complexity index is 849. The lowest BCUT2D eigenvalue weighted by molar-refractivity contribution is -0.122. The Morgan fingerprint density at radius 1 is 1.14 bits per heavy atom. The molecule has 0 aliphatic heterocycles. The SMILES string of the molecule is CC1(N)CCCCC1C(=O)Nc1ccc(C(=O)NCc2ccccc2F)cc1. The molecule has 1 saturated carbocycles. The lowest BCUT2D eigenvalue weighted by Gasteiger charge is -2.37. The standard InChI is InChI=1S/C22H26FN3O2/c1-22(24)13-5-4-7-18(22)21(28)26-17-11-9-15(10-12-17)20(27)25-14-16-6-2-3-8-19(16)23/h2-3,6,8-12,18H,4-5,7,13-14,24H2,1H3,(H,25,27)(H,26,28). The Morgan fingerprint density at radius 2 is 1.86 bits per heavy atom. The third-order valence-corrected chi connectivity index (χ3v) is 5.38. The van der Waals surface area contributed by atoms with E-state index in [2.05, 4.69) is 10.6 Å². The predicted molar refractivity (Wildman–Crippen MR) is 107 cm³/mol. The summed E-state index contributed by atoms with van der Waals surface area (Å²) in [5, 5.41) is 5.59. The maximum atomic E-state index is 13.6. The molecule has 5 nitrogen and oxygen atoms in total. The Kier molecular flexibility index (Phi) is 6.09. The fourth-order valence-corrected chi connectivity index (χ4v) is 3.64. The second kappa shape index (κ2) is 8.52. The number of carbonyl (C=O) groups excluding carboxylic acids is 2. The molecule has 0 saturated heterocycles. The Hall–Kier alpha value is -2.73. The molecule has 2 atom stereocenters. The van der Waals surface area contributed by atoms with Crippen LogP contribution in [0.15, 0.2) is 48.5 Å². The summed E-state index contributed by atoms with van der Waals surface area (Å²) in [5.41, 5.74) is 7.29. The zero-order valence-electron chi connectivity index (χ0n) is 16.0. The van der Waals surface area contributed by atoms with Crippen molar-refractivity contribution < 1.29 is 14.0 Å². The predicted octanol–water partition coefficient (Wildman–Crippen LogP) is 3.60. The third-order valence-electron chi connectivity index (χ3n) is 5.38. The van der Waals surface area contributed by atoms with Gasteiger partial charge < -0.3 is 16.4 Å². The van der Waals surface area contributed by atoms with Gasteiger partial charge >= 0.3 is 0 Å². The van der Waals surface area contributed by atoms with Crippen molar-refractivity contribution in [1.82, 2.24) is 5.32 Å². The van der Waals surface area contributed by atoms with Crippen LogP contribution in [0.2, 0.25) is 0 Å². The molecule has 0 bridgehead atoms. The minimum absolute atomic E-state index is 0.0820. The van der Waals surface area contributed by atoms with Crippen LogP contribution in [0, 0.1) is 11.7 Å². The summed E-state index contributed by atoms with van der Waals surface area (Å²) in [4.78, 5) is 24.8. The van der Waals surface area contributed by atoms with Crippen LogP contribution < -0.4 is 16.4 Å². The molecule has 3 rings (SSSR count). The molecule has 6 heteroatoms. The van der Waals surface area contributed by atoms with Gasteiger partial charge in [0.2, 0.25) is 5.91 Å². The zero-order valence-corrected chi connectivity index (χ0v) is 16.0. The molecular formula is C22H26FN3O2. The summed E-state index contributed by atoms with van der Waals surface area (Å²) in [7, 11) is 0. The average Bonchev–Trinajstić information content (AvgIpc) is 2.67. The number of nitrogens with two attached hydrogens (primary N) is 1. The first-order chi connectivity index (χ1) is 13.4. The molecule has 4 N–H and O–H groups in total. The van der Waals surface area contributed by atoms with Crippen LogP contribution >= 0.6 is 0 Å². The van der Waals surface area contributed by atoms with E-state index in [0.717, 1.165) is 25.7 Å². The van der Waals surface area contributed by atoms with Crippen LogP contribution in [0.3, 0.4) is 0 Å². The first kappa shape index (κ1) is 20.0. The number of hydrogen-bond acceptors (Lipinski definition) is 3. The highest BCUT2D eigenvalue weighted by atomic mass is 19.1. The molecule has 2 unspecified atom stereocenters. The van der Waals surface area contributed by atoms with E-state index in [1.54, 1.807) is 42.5 Å². The Labute approximate surface area is 164 Å². The topological polar surface area (TPSA) is 84.2 Å². The van der Waals surface area contributed by atoms with Crippen LogP contribution in [-0.2, 0) is 11.3 Å². The fraction of sp³-hybridized carbons (Fsp3) is 0.364. The number of benzene rings is 2. The van der Waals surface area contributed by atoms with Gasteiger partial charge in [0.1, 0.15) is 5.82 Å². The van der Waals surface area contributed by atoms with Crippen molar-refractivity contribution >= 4 is 17.5 Å². The van der Waals surface area contributed by atoms with Crippen LogP contribution in [0.25, 0.3) is 0 Å². The van der Waals surface area contributed by atoms with Gasteiger partial charge in [0.25, 0.3) is 5.91 Å². The maximum Gasteiger partial charge on any atom is 0.251 e. The first-order valence-electron chi connectivity index (χ1n) is 9.58. The number of anilines is 1. The number of carbonyl (C=O) groups is 2. The average molecular weight is 383 g/mol. The van der Waals surface area contributed by atoms with Crippen LogP contribution in [-0.4, -0.2) is 17.4 Å². The van der Waals surface area contributed by atoms with Gasteiger partial charge in [-0.15, -0.1) is 0 Å². The molecule has 0 radical (unpaired) electrons. The van der Waals surface area contributed by atoms with Gasteiger partial charge in [-0.05, 0) is 50.1 Å². The van der Waals surface area contributed by atoms with Crippen LogP contribution in [0.1, 0.15) is 48.5 Å². The summed E-state index contributed by atoms with van der Waals surface area (Å²) in [6, 6.07) is 13.0. The van der Waals surface area contributed by atoms with Gasteiger partial charge in [0.05, 0.1) is 5.92 Å². The van der Waals surface area contributed by atoms with E-state index in [1.807, 2.05) is 6.92 Å². The monoisotopic (exact) mass is 383 g/mol. The largest absolute Gasteiger partial charge is 0.348 e. The first-order valence-corrected chi connectivity index (χ1v) is 9.58. The highest BCUT2D eigenvalue weighted by Gasteiger charge is 2.37. The minimum atomic E-state index is -0.491. The highest BCUT2D eigenvalue weighted by Crippen LogP contribution is 2.32. The van der Waals surface area contributed by atoms with Crippen molar-refractivity contribution in [2.45, 2.75) is 44.7 Å². The maximum absolute atomic E-state index is 13.6. The zero-order chi connectivity index (χ0) is 20.1. The van der Waals surface area contributed by atoms with Crippen molar-refractivity contribution in [2.24, 2.45) is 11.7 Å². The highest BCUT2D eigenvalue weighted by molar-refractivity contribution is 5.96. The van der Waals surface area contributed by atoms with E-state index < -0.39 is 5.54 Å². The lowest BCUT2D eigenvalue weighted by atomic mass is 9.74. The van der Waals surface area contributed by atoms with Gasteiger partial charge in [-0.1, -0.05) is 31.0 Å². The Morgan fingerprint density at radius 3 is 2.54 bits per heavy atom. The smallest absolute Gasteiger partial charge is 0.251 e. The fourth-order valence-electron chi connectivity index (χ4n) is 3.64. The van der Waals surface area contributed by atoms with Gasteiger partial charge in [-0.25, -0.2) is 4.39 Å². The van der Waals surface area contributed by atoms with Crippen molar-refractivity contribution in [1.29, 1.82) is 0 Å². The van der Waals surface area contributed by atoms with E-state index in [9.17, 15) is 14.0 Å². The summed E-state index contributed by atoms with van der Waals surface area (Å²) < 4.78 is 13.6. The summed E-state index contributed by atoms with van der Waals surface area (Å²) in [6.07, 6.45) is 3.68. The number of amides is 2. The summed E-state index contributed by atoms with van der Waals surface area (Å²) in [6.45, 7) is 2.04. The molecular weight excluding hydrogens is 357 g/mol. The second-order valence-corrected chi connectivity index (χ2v) is 7.64. The molecule has 2 aromatic rings. The lowest BCUT2D eigenvalue weighted by Crippen LogP contribution is -2.51. The normalized spacial score (nSPS) is 21.8. The van der Waals surface area contributed by atoms with E-state index in [-0.39, 0.29) is 30.1 Å². The molecule has 0 aromatic heterocycles. The van der Waals surface area contributed by atoms with Crippen LogP contribution in [0.4, 0.5) is 10.1 Å². The molecule has 1 aliphatic rings. The van der Waals surface area contributed by atoms with Crippen molar-refractivity contribution in [3.63, 3.8) is 0 Å². The van der Waals surface area contributed by atoms with E-state index >= 15 is 0 Å². The van der Waals surface area contributed by atoms with Gasteiger partial charge in [-0.2, -0.15) is 0 Å². The molecule has 2 aromatic carbocycles. The molecule has 0 spiro atoms. The quantitative estimate of drug-likeness (QED) is 0.738. The number of halogens is 1. The van der Waals surface area contributed by atoms with E-state index in [4.69, 9.17) is 5.73 Å². The molecule has 1 aliphatic carbocycles. The molecule has 2 amide bonds. The molecule has 28 heavy (non-hydrogen) atoms. The van der Waals surface area contributed by atoms with Crippen molar-refractivity contribution in [3.8, 4) is 0 Å². The van der Waals surface area contributed by atoms with E-state index in [0.29, 0.717) is 16.8 Å². The van der Waals surface area contributed by atoms with E-state index in [1.165, 1.54) is 6.07 Å².